The van der Waals surface area contributed by atoms with Gasteiger partial charge >= 0.3 is 5.97 Å². The second-order valence-electron chi connectivity index (χ2n) is 9.02. The number of carbonyl (C=O) groups is 2. The smallest absolute Gasteiger partial charge is 0.303 e. The minimum atomic E-state index is -0.825. The molecule has 1 aromatic heterocycles. The number of carboxylic acids is 1. The molecule has 40 heavy (non-hydrogen) atoms. The maximum Gasteiger partial charge on any atom is 0.303 e. The van der Waals surface area contributed by atoms with E-state index in [4.69, 9.17) is 38.0 Å². The fourth-order valence-corrected chi connectivity index (χ4v) is 4.54. The number of imidazole rings is 1. The van der Waals surface area contributed by atoms with Crippen molar-refractivity contribution >= 4 is 47.2 Å². The molecule has 0 saturated carbocycles. The third kappa shape index (κ3) is 7.97. The van der Waals surface area contributed by atoms with Crippen molar-refractivity contribution in [1.82, 2.24) is 14.9 Å². The summed E-state index contributed by atoms with van der Waals surface area (Å²) in [5.41, 5.74) is 4.44. The lowest BCUT2D eigenvalue weighted by Gasteiger charge is -2.07. The van der Waals surface area contributed by atoms with Gasteiger partial charge in [-0.2, -0.15) is 0 Å². The van der Waals surface area contributed by atoms with Gasteiger partial charge in [-0.05, 0) is 66.4 Å². The number of carbonyl (C=O) groups excluding carboxylic acids is 1. The summed E-state index contributed by atoms with van der Waals surface area (Å²) < 4.78 is 7.40. The zero-order valence-electron chi connectivity index (χ0n) is 21.9. The van der Waals surface area contributed by atoms with Crippen LogP contribution in [0, 0.1) is 0 Å². The molecule has 0 bridgehead atoms. The number of hydrogen-bond donors (Lipinski definition) is 2. The van der Waals surface area contributed by atoms with Crippen LogP contribution in [-0.2, 0) is 16.1 Å². The molecule has 4 aromatic rings. The molecule has 1 amide bonds. The molecule has 0 aliphatic rings. The van der Waals surface area contributed by atoms with Crippen LogP contribution in [0.1, 0.15) is 31.2 Å². The number of nitrogens with one attached hydrogen (secondary N) is 1. The van der Waals surface area contributed by atoms with E-state index in [1.54, 1.807) is 16.7 Å². The van der Waals surface area contributed by atoms with Crippen molar-refractivity contribution in [1.29, 1.82) is 0 Å². The topological polar surface area (TPSA) is 93.5 Å². The first-order valence-electron chi connectivity index (χ1n) is 12.8. The highest BCUT2D eigenvalue weighted by atomic mass is 35.5. The van der Waals surface area contributed by atoms with Crippen molar-refractivity contribution < 1.29 is 19.4 Å². The summed E-state index contributed by atoms with van der Waals surface area (Å²) in [5.74, 6) is 0.394. The third-order valence-electron chi connectivity index (χ3n) is 6.03. The summed E-state index contributed by atoms with van der Waals surface area (Å²) in [6.07, 6.45) is 6.19. The van der Waals surface area contributed by atoms with E-state index in [2.05, 4.69) is 5.32 Å². The van der Waals surface area contributed by atoms with Crippen molar-refractivity contribution in [3.63, 3.8) is 0 Å². The molecule has 0 radical (unpaired) electrons. The first-order valence-corrected chi connectivity index (χ1v) is 13.6. The summed E-state index contributed by atoms with van der Waals surface area (Å²) in [6, 6.07) is 21.0. The van der Waals surface area contributed by atoms with Crippen LogP contribution in [0.5, 0.6) is 5.75 Å². The van der Waals surface area contributed by atoms with E-state index < -0.39 is 5.97 Å². The molecular formula is C31H29Cl2N3O4. The van der Waals surface area contributed by atoms with E-state index in [0.29, 0.717) is 46.9 Å². The molecule has 206 valence electrons. The summed E-state index contributed by atoms with van der Waals surface area (Å²) in [4.78, 5) is 27.7. The predicted octanol–water partition coefficient (Wildman–Crippen LogP) is 7.07. The molecule has 4 rings (SSSR count). The maximum absolute atomic E-state index is 12.3. The lowest BCUT2D eigenvalue weighted by Crippen LogP contribution is -2.27. The van der Waals surface area contributed by atoms with Crippen molar-refractivity contribution in [2.75, 3.05) is 13.2 Å². The first-order chi connectivity index (χ1) is 19.3. The summed E-state index contributed by atoms with van der Waals surface area (Å²) in [6.45, 7) is 2.91. The van der Waals surface area contributed by atoms with Crippen LogP contribution in [0.3, 0.4) is 0 Å². The summed E-state index contributed by atoms with van der Waals surface area (Å²) in [5, 5.41) is 12.6. The fourth-order valence-electron chi connectivity index (χ4n) is 4.04. The van der Waals surface area contributed by atoms with Crippen LogP contribution in [0.4, 0.5) is 0 Å². The second kappa shape index (κ2) is 13.8. The highest BCUT2D eigenvalue weighted by molar-refractivity contribution is 6.36. The number of carboxylic acid groups (broad SMARTS) is 1. The van der Waals surface area contributed by atoms with Crippen LogP contribution in [0.25, 0.3) is 34.5 Å². The Labute approximate surface area is 243 Å². The molecule has 0 unspecified atom stereocenters. The Hall–Kier alpha value is -4.07. The number of ether oxygens (including phenoxy) is 1. The number of rotatable bonds is 12. The van der Waals surface area contributed by atoms with Crippen LogP contribution in [-0.4, -0.2) is 39.7 Å². The van der Waals surface area contributed by atoms with Gasteiger partial charge in [0, 0.05) is 29.7 Å². The highest BCUT2D eigenvalue weighted by Crippen LogP contribution is 2.30. The molecule has 0 fully saturated rings. The molecule has 0 spiro atoms. The van der Waals surface area contributed by atoms with Gasteiger partial charge in [-0.3, -0.25) is 9.59 Å². The molecule has 2 N–H and O–H groups in total. The maximum atomic E-state index is 12.3. The van der Waals surface area contributed by atoms with Crippen LogP contribution < -0.4 is 10.1 Å². The van der Waals surface area contributed by atoms with Gasteiger partial charge in [0.05, 0.1) is 17.3 Å². The number of aromatic nitrogens is 2. The Bertz CT molecular complexity index is 1500. The van der Waals surface area contributed by atoms with Gasteiger partial charge < -0.3 is 19.7 Å². The molecule has 3 aromatic carbocycles. The Kier molecular flexibility index (Phi) is 10.00. The molecule has 0 aliphatic carbocycles. The predicted molar refractivity (Wildman–Crippen MR) is 160 cm³/mol. The normalized spacial score (nSPS) is 11.1. The highest BCUT2D eigenvalue weighted by Gasteiger charge is 2.13. The third-order valence-corrected chi connectivity index (χ3v) is 6.58. The van der Waals surface area contributed by atoms with Gasteiger partial charge in [-0.15, -0.1) is 0 Å². The fraction of sp³-hybridized carbons (Fsp3) is 0.194. The van der Waals surface area contributed by atoms with Gasteiger partial charge in [0.25, 0.3) is 0 Å². The molecule has 1 heterocycles. The molecular weight excluding hydrogens is 549 g/mol. The van der Waals surface area contributed by atoms with E-state index in [-0.39, 0.29) is 18.9 Å². The molecule has 0 aliphatic heterocycles. The number of likely N-dealkylation sites (N-methyl/N-ethyl adjacent to an activating group) is 1. The molecule has 9 heteroatoms. The van der Waals surface area contributed by atoms with Crippen LogP contribution in [0.15, 0.2) is 72.9 Å². The SMILES string of the molecule is CCNC(=O)Cn1cc(-c2ccc(Cl)cc2Cl)nc1C=Cc1ccc(-c2ccc(OCCCC(=O)O)cc2)cc1. The van der Waals surface area contributed by atoms with Crippen molar-refractivity contribution in [3.8, 4) is 28.1 Å². The average Bonchev–Trinajstić information content (AvgIpc) is 3.32. The minimum absolute atomic E-state index is 0.0901. The van der Waals surface area contributed by atoms with E-state index in [0.717, 1.165) is 22.3 Å². The minimum Gasteiger partial charge on any atom is -0.494 e. The standard InChI is InChI=1S/C31H29Cl2N3O4/c1-2-34-30(37)20-36-19-28(26-15-12-24(32)18-27(26)33)35-29(36)16-7-21-5-8-22(9-6-21)23-10-13-25(14-11-23)40-17-3-4-31(38)39/h5-16,18-19H,2-4,17,20H2,1H3,(H,34,37)(H,38,39). The Morgan fingerprint density at radius 3 is 2.35 bits per heavy atom. The summed E-state index contributed by atoms with van der Waals surface area (Å²) in [7, 11) is 0. The van der Waals surface area contributed by atoms with E-state index in [1.807, 2.05) is 79.9 Å². The zero-order valence-corrected chi connectivity index (χ0v) is 23.5. The van der Waals surface area contributed by atoms with E-state index in [1.165, 1.54) is 0 Å². The number of halogens is 2. The Morgan fingerprint density at radius 2 is 1.70 bits per heavy atom. The number of nitrogens with zero attached hydrogens (tertiary/aromatic N) is 2. The van der Waals surface area contributed by atoms with Crippen molar-refractivity contribution in [2.45, 2.75) is 26.3 Å². The average molecular weight is 578 g/mol. The Balaban J connectivity index is 1.48. The van der Waals surface area contributed by atoms with Gasteiger partial charge in [-0.25, -0.2) is 4.98 Å². The summed E-state index contributed by atoms with van der Waals surface area (Å²) >= 11 is 12.5. The number of benzene rings is 3. The van der Waals surface area contributed by atoms with Gasteiger partial charge in [0.1, 0.15) is 18.1 Å². The lowest BCUT2D eigenvalue weighted by atomic mass is 10.0. The number of aliphatic carboxylic acids is 1. The largest absolute Gasteiger partial charge is 0.494 e. The number of hydrogen-bond acceptors (Lipinski definition) is 4. The van der Waals surface area contributed by atoms with Crippen LogP contribution >= 0.6 is 23.2 Å². The van der Waals surface area contributed by atoms with Gasteiger partial charge in [-0.1, -0.05) is 65.7 Å². The van der Waals surface area contributed by atoms with Crippen molar-refractivity contribution in [2.24, 2.45) is 0 Å². The second-order valence-corrected chi connectivity index (χ2v) is 9.86. The van der Waals surface area contributed by atoms with Gasteiger partial charge in [0.15, 0.2) is 0 Å². The Morgan fingerprint density at radius 1 is 1.00 bits per heavy atom. The van der Waals surface area contributed by atoms with Crippen molar-refractivity contribution in [3.05, 3.63) is 94.4 Å². The van der Waals surface area contributed by atoms with E-state index >= 15 is 0 Å². The molecule has 0 saturated heterocycles. The van der Waals surface area contributed by atoms with Gasteiger partial charge in [0.2, 0.25) is 5.91 Å². The quantitative estimate of drug-likeness (QED) is 0.175. The number of amides is 1. The monoisotopic (exact) mass is 577 g/mol. The zero-order chi connectivity index (χ0) is 28.5. The molecule has 7 nitrogen and oxygen atoms in total. The molecule has 0 atom stereocenters. The lowest BCUT2D eigenvalue weighted by molar-refractivity contribution is -0.137. The first kappa shape index (κ1) is 28.9. The van der Waals surface area contributed by atoms with Crippen LogP contribution in [0.2, 0.25) is 10.0 Å². The van der Waals surface area contributed by atoms with E-state index in [9.17, 15) is 9.59 Å².